The van der Waals surface area contributed by atoms with Crippen LogP contribution in [-0.4, -0.2) is 42.7 Å². The lowest BCUT2D eigenvalue weighted by Gasteiger charge is -2.27. The van der Waals surface area contributed by atoms with E-state index in [1.165, 1.54) is 0 Å². The van der Waals surface area contributed by atoms with Crippen LogP contribution in [0, 0.1) is 6.92 Å². The number of nitrogens with zero attached hydrogens (tertiary/aromatic N) is 1. The molecule has 0 unspecified atom stereocenters. The first kappa shape index (κ1) is 12.9. The molecule has 1 aliphatic heterocycles. The zero-order valence-corrected chi connectivity index (χ0v) is 11.8. The lowest BCUT2D eigenvalue weighted by Crippen LogP contribution is -2.44. The zero-order valence-electron chi connectivity index (χ0n) is 10.2. The summed E-state index contributed by atoms with van der Waals surface area (Å²) in [6.45, 7) is 7.30. The van der Waals surface area contributed by atoms with Crippen molar-refractivity contribution in [3.05, 3.63) is 27.7 Å². The Labute approximate surface area is 111 Å². The maximum atomic E-state index is 10.0. The van der Waals surface area contributed by atoms with Gasteiger partial charge in [-0.25, -0.2) is 0 Å². The number of aromatic hydroxyl groups is 1. The Bertz CT molecular complexity index is 389. The van der Waals surface area contributed by atoms with Crippen molar-refractivity contribution in [3.63, 3.8) is 0 Å². The van der Waals surface area contributed by atoms with Gasteiger partial charge in [-0.2, -0.15) is 0 Å². The number of aryl methyl sites for hydroxylation is 1. The van der Waals surface area contributed by atoms with Gasteiger partial charge in [0, 0.05) is 42.8 Å². The predicted molar refractivity (Wildman–Crippen MR) is 73.6 cm³/mol. The second-order valence-corrected chi connectivity index (χ2v) is 5.39. The van der Waals surface area contributed by atoms with Crippen molar-refractivity contribution in [2.75, 3.05) is 32.7 Å². The zero-order chi connectivity index (χ0) is 12.3. The van der Waals surface area contributed by atoms with Crippen LogP contribution in [0.5, 0.6) is 5.75 Å². The predicted octanol–water partition coefficient (Wildman–Crippen LogP) is 1.91. The quantitative estimate of drug-likeness (QED) is 0.895. The molecule has 0 saturated carbocycles. The van der Waals surface area contributed by atoms with E-state index in [1.54, 1.807) is 0 Å². The first-order chi connectivity index (χ1) is 8.18. The summed E-state index contributed by atoms with van der Waals surface area (Å²) < 4.78 is 1.01. The summed E-state index contributed by atoms with van der Waals surface area (Å²) in [5, 5.41) is 13.4. The highest BCUT2D eigenvalue weighted by Gasteiger charge is 2.13. The van der Waals surface area contributed by atoms with Crippen molar-refractivity contribution in [2.45, 2.75) is 13.3 Å². The Morgan fingerprint density at radius 3 is 2.76 bits per heavy atom. The van der Waals surface area contributed by atoms with Crippen LogP contribution >= 0.6 is 15.9 Å². The van der Waals surface area contributed by atoms with Gasteiger partial charge < -0.3 is 15.3 Å². The Morgan fingerprint density at radius 1 is 1.35 bits per heavy atom. The fourth-order valence-corrected chi connectivity index (χ4v) is 2.69. The number of halogens is 1. The molecule has 1 aromatic rings. The number of piperazine rings is 1. The van der Waals surface area contributed by atoms with Crippen molar-refractivity contribution in [1.82, 2.24) is 10.2 Å². The van der Waals surface area contributed by atoms with Crippen molar-refractivity contribution < 1.29 is 5.11 Å². The summed E-state index contributed by atoms with van der Waals surface area (Å²) in [7, 11) is 0. The molecule has 1 saturated heterocycles. The molecule has 2 rings (SSSR count). The summed E-state index contributed by atoms with van der Waals surface area (Å²) in [5.74, 6) is 0.439. The Hall–Kier alpha value is -0.580. The van der Waals surface area contributed by atoms with E-state index >= 15 is 0 Å². The molecule has 3 nitrogen and oxygen atoms in total. The van der Waals surface area contributed by atoms with Crippen molar-refractivity contribution in [3.8, 4) is 5.75 Å². The Balaban J connectivity index is 2.00. The van der Waals surface area contributed by atoms with Crippen LogP contribution in [0.25, 0.3) is 0 Å². The van der Waals surface area contributed by atoms with E-state index in [0.717, 1.165) is 54.7 Å². The highest BCUT2D eigenvalue weighted by molar-refractivity contribution is 9.10. The minimum Gasteiger partial charge on any atom is -0.507 e. The van der Waals surface area contributed by atoms with Crippen LogP contribution < -0.4 is 5.32 Å². The first-order valence-corrected chi connectivity index (χ1v) is 6.88. The van der Waals surface area contributed by atoms with Gasteiger partial charge in [0.05, 0.1) is 0 Å². The van der Waals surface area contributed by atoms with Gasteiger partial charge in [0.25, 0.3) is 0 Å². The van der Waals surface area contributed by atoms with Crippen LogP contribution in [-0.2, 0) is 6.42 Å². The molecule has 4 heteroatoms. The van der Waals surface area contributed by atoms with Crippen LogP contribution in [0.15, 0.2) is 16.6 Å². The molecule has 2 N–H and O–H groups in total. The van der Waals surface area contributed by atoms with Gasteiger partial charge >= 0.3 is 0 Å². The molecule has 0 radical (unpaired) electrons. The van der Waals surface area contributed by atoms with Gasteiger partial charge in [-0.1, -0.05) is 22.0 Å². The average Bonchev–Trinajstić information content (AvgIpc) is 2.35. The van der Waals surface area contributed by atoms with Gasteiger partial charge in [-0.3, -0.25) is 0 Å². The monoisotopic (exact) mass is 298 g/mol. The molecule has 0 atom stereocenters. The van der Waals surface area contributed by atoms with E-state index in [9.17, 15) is 5.11 Å². The van der Waals surface area contributed by atoms with Crippen LogP contribution in [0.4, 0.5) is 0 Å². The Kier molecular flexibility index (Phi) is 4.42. The van der Waals surface area contributed by atoms with E-state index in [-0.39, 0.29) is 0 Å². The molecule has 1 heterocycles. The third-order valence-corrected chi connectivity index (χ3v) is 4.06. The van der Waals surface area contributed by atoms with Crippen molar-refractivity contribution in [2.24, 2.45) is 0 Å². The number of benzene rings is 1. The molecular weight excluding hydrogens is 280 g/mol. The van der Waals surface area contributed by atoms with E-state index in [4.69, 9.17) is 0 Å². The highest BCUT2D eigenvalue weighted by atomic mass is 79.9. The van der Waals surface area contributed by atoms with Crippen LogP contribution in [0.3, 0.4) is 0 Å². The summed E-state index contributed by atoms with van der Waals surface area (Å²) in [5.41, 5.74) is 1.98. The van der Waals surface area contributed by atoms with Crippen molar-refractivity contribution in [1.29, 1.82) is 0 Å². The molecule has 0 aliphatic carbocycles. The molecule has 0 spiro atoms. The molecule has 17 heavy (non-hydrogen) atoms. The number of rotatable bonds is 3. The highest BCUT2D eigenvalue weighted by Crippen LogP contribution is 2.29. The van der Waals surface area contributed by atoms with Crippen molar-refractivity contribution >= 4 is 15.9 Å². The number of phenolic OH excluding ortho intramolecular Hbond substituents is 1. The maximum absolute atomic E-state index is 10.0. The lowest BCUT2D eigenvalue weighted by molar-refractivity contribution is 0.243. The number of phenols is 1. The molecule has 94 valence electrons. The standard InChI is InChI=1S/C13H19BrN2O/c1-10-2-3-12(14)11(13(10)17)4-7-16-8-5-15-6-9-16/h2-3,15,17H,4-9H2,1H3. The SMILES string of the molecule is Cc1ccc(Br)c(CCN2CCNCC2)c1O. The molecule has 0 amide bonds. The summed E-state index contributed by atoms with van der Waals surface area (Å²) in [4.78, 5) is 2.44. The smallest absolute Gasteiger partial charge is 0.122 e. The second-order valence-electron chi connectivity index (χ2n) is 4.53. The number of hydrogen-bond donors (Lipinski definition) is 2. The molecule has 1 fully saturated rings. The Morgan fingerprint density at radius 2 is 2.06 bits per heavy atom. The molecule has 0 aromatic heterocycles. The summed E-state index contributed by atoms with van der Waals surface area (Å²) in [6, 6.07) is 3.95. The van der Waals surface area contributed by atoms with E-state index < -0.39 is 0 Å². The molecule has 1 aliphatic rings. The van der Waals surface area contributed by atoms with E-state index in [0.29, 0.717) is 5.75 Å². The minimum atomic E-state index is 0.439. The molecule has 1 aromatic carbocycles. The number of nitrogens with one attached hydrogen (secondary N) is 1. The fraction of sp³-hybridized carbons (Fsp3) is 0.538. The van der Waals surface area contributed by atoms with Gasteiger partial charge in [-0.05, 0) is 25.0 Å². The fourth-order valence-electron chi connectivity index (χ4n) is 2.17. The third-order valence-electron chi connectivity index (χ3n) is 3.31. The summed E-state index contributed by atoms with van der Waals surface area (Å²) >= 11 is 3.52. The number of hydrogen-bond acceptors (Lipinski definition) is 3. The minimum absolute atomic E-state index is 0.439. The van der Waals surface area contributed by atoms with Gasteiger partial charge in [0.2, 0.25) is 0 Å². The average molecular weight is 299 g/mol. The summed E-state index contributed by atoms with van der Waals surface area (Å²) in [6.07, 6.45) is 0.897. The normalized spacial score (nSPS) is 17.3. The van der Waals surface area contributed by atoms with Crippen LogP contribution in [0.2, 0.25) is 0 Å². The largest absolute Gasteiger partial charge is 0.507 e. The van der Waals surface area contributed by atoms with Gasteiger partial charge in [0.15, 0.2) is 0 Å². The van der Waals surface area contributed by atoms with Gasteiger partial charge in [-0.15, -0.1) is 0 Å². The van der Waals surface area contributed by atoms with Gasteiger partial charge in [0.1, 0.15) is 5.75 Å². The molecule has 0 bridgehead atoms. The molecular formula is C13H19BrN2O. The topological polar surface area (TPSA) is 35.5 Å². The first-order valence-electron chi connectivity index (χ1n) is 6.08. The second kappa shape index (κ2) is 5.85. The van der Waals surface area contributed by atoms with E-state index in [1.807, 2.05) is 19.1 Å². The maximum Gasteiger partial charge on any atom is 0.122 e. The lowest BCUT2D eigenvalue weighted by atomic mass is 10.1. The third kappa shape index (κ3) is 3.21. The van der Waals surface area contributed by atoms with Crippen LogP contribution in [0.1, 0.15) is 11.1 Å². The van der Waals surface area contributed by atoms with E-state index in [2.05, 4.69) is 26.1 Å².